The molecule has 1 heterocycles. The molecule has 2 rings (SSSR count). The van der Waals surface area contributed by atoms with Crippen LogP contribution in [0.3, 0.4) is 0 Å². The second kappa shape index (κ2) is 6.58. The number of nitrogens with one attached hydrogen (secondary N) is 1. The summed E-state index contributed by atoms with van der Waals surface area (Å²) in [6.07, 6.45) is 2.23. The monoisotopic (exact) mass is 263 g/mol. The Kier molecular flexibility index (Phi) is 4.55. The van der Waals surface area contributed by atoms with Gasteiger partial charge in [-0.05, 0) is 36.4 Å². The van der Waals surface area contributed by atoms with Crippen LogP contribution in [0.2, 0.25) is 0 Å². The number of carbonyl (C=O) groups is 1. The highest BCUT2D eigenvalue weighted by Crippen LogP contribution is 2.10. The van der Waals surface area contributed by atoms with Crippen LogP contribution in [-0.2, 0) is 11.2 Å². The lowest BCUT2D eigenvalue weighted by Gasteiger charge is -2.06. The molecule has 4 nitrogen and oxygen atoms in total. The van der Waals surface area contributed by atoms with E-state index >= 15 is 0 Å². The summed E-state index contributed by atoms with van der Waals surface area (Å²) in [6.45, 7) is 0.392. The number of benzene rings is 1. The molecule has 0 radical (unpaired) electrons. The standard InChI is InChI=1S/C14H14FNO3/c15-11-3-5-13(6-4-11)19-10-14(17)16-8-7-12-2-1-9-18-12/h1-6,9H,7-8,10H2,(H,16,17). The van der Waals surface area contributed by atoms with Gasteiger partial charge in [-0.1, -0.05) is 0 Å². The second-order valence-electron chi connectivity index (χ2n) is 3.92. The second-order valence-corrected chi connectivity index (χ2v) is 3.92. The maximum Gasteiger partial charge on any atom is 0.257 e. The molecule has 1 aromatic heterocycles. The van der Waals surface area contributed by atoms with Crippen molar-refractivity contribution in [3.8, 4) is 5.75 Å². The molecule has 5 heteroatoms. The molecule has 0 unspecified atom stereocenters. The zero-order valence-electron chi connectivity index (χ0n) is 10.3. The summed E-state index contributed by atoms with van der Waals surface area (Å²) in [5.41, 5.74) is 0. The molecule has 0 saturated heterocycles. The third kappa shape index (κ3) is 4.46. The van der Waals surface area contributed by atoms with Gasteiger partial charge in [-0.25, -0.2) is 4.39 Å². The van der Waals surface area contributed by atoms with Gasteiger partial charge in [0.2, 0.25) is 0 Å². The van der Waals surface area contributed by atoms with Gasteiger partial charge < -0.3 is 14.5 Å². The van der Waals surface area contributed by atoms with Crippen molar-refractivity contribution < 1.29 is 18.3 Å². The molecule has 19 heavy (non-hydrogen) atoms. The van der Waals surface area contributed by atoms with Gasteiger partial charge >= 0.3 is 0 Å². The van der Waals surface area contributed by atoms with Gasteiger partial charge in [0.15, 0.2) is 6.61 Å². The minimum atomic E-state index is -0.338. The van der Waals surface area contributed by atoms with Gasteiger partial charge in [0.25, 0.3) is 5.91 Å². The Hall–Kier alpha value is -2.30. The molecule has 0 aliphatic heterocycles. The van der Waals surface area contributed by atoms with Crippen LogP contribution in [0, 0.1) is 5.82 Å². The quantitative estimate of drug-likeness (QED) is 0.868. The molecule has 0 aliphatic carbocycles. The molecule has 0 saturated carbocycles. The molecule has 0 atom stereocenters. The number of rotatable bonds is 6. The number of hydrogen-bond donors (Lipinski definition) is 1. The Morgan fingerprint density at radius 2 is 2.05 bits per heavy atom. The predicted molar refractivity (Wildman–Crippen MR) is 67.3 cm³/mol. The molecule has 0 spiro atoms. The van der Waals surface area contributed by atoms with E-state index in [4.69, 9.17) is 9.15 Å². The van der Waals surface area contributed by atoms with Crippen molar-refractivity contribution in [1.29, 1.82) is 0 Å². The predicted octanol–water partition coefficient (Wildman–Crippen LogP) is 2.16. The Morgan fingerprint density at radius 3 is 2.74 bits per heavy atom. The van der Waals surface area contributed by atoms with Crippen molar-refractivity contribution in [2.24, 2.45) is 0 Å². The first kappa shape index (κ1) is 13.1. The largest absolute Gasteiger partial charge is 0.484 e. The molecule has 1 N–H and O–H groups in total. The lowest BCUT2D eigenvalue weighted by atomic mass is 10.3. The Balaban J connectivity index is 1.65. The Labute approximate surface area is 110 Å². The van der Waals surface area contributed by atoms with Crippen LogP contribution in [-0.4, -0.2) is 19.1 Å². The van der Waals surface area contributed by atoms with Crippen LogP contribution in [0.25, 0.3) is 0 Å². The van der Waals surface area contributed by atoms with Gasteiger partial charge in [-0.2, -0.15) is 0 Å². The van der Waals surface area contributed by atoms with E-state index in [1.54, 1.807) is 12.3 Å². The van der Waals surface area contributed by atoms with Crippen LogP contribution >= 0.6 is 0 Å². The number of carbonyl (C=O) groups excluding carboxylic acids is 1. The first-order chi connectivity index (χ1) is 9.24. The molecule has 0 aliphatic rings. The fourth-order valence-corrected chi connectivity index (χ4v) is 1.51. The minimum Gasteiger partial charge on any atom is -0.484 e. The van der Waals surface area contributed by atoms with Gasteiger partial charge in [-0.3, -0.25) is 4.79 Å². The van der Waals surface area contributed by atoms with Crippen molar-refractivity contribution in [2.45, 2.75) is 6.42 Å². The van der Waals surface area contributed by atoms with Crippen LogP contribution in [0.4, 0.5) is 4.39 Å². The minimum absolute atomic E-state index is 0.0935. The fraction of sp³-hybridized carbons (Fsp3) is 0.214. The summed E-state index contributed by atoms with van der Waals surface area (Å²) in [5.74, 6) is 0.716. The number of amides is 1. The van der Waals surface area contributed by atoms with Gasteiger partial charge in [0.05, 0.1) is 6.26 Å². The van der Waals surface area contributed by atoms with Crippen molar-refractivity contribution in [3.63, 3.8) is 0 Å². The van der Waals surface area contributed by atoms with Gasteiger partial charge in [0, 0.05) is 13.0 Å². The summed E-state index contributed by atoms with van der Waals surface area (Å²) in [4.78, 5) is 11.5. The molecule has 100 valence electrons. The summed E-state index contributed by atoms with van der Waals surface area (Å²) >= 11 is 0. The average Bonchev–Trinajstić information content (AvgIpc) is 2.91. The SMILES string of the molecule is O=C(COc1ccc(F)cc1)NCCc1ccco1. The first-order valence-corrected chi connectivity index (χ1v) is 5.91. The zero-order valence-corrected chi connectivity index (χ0v) is 10.3. The van der Waals surface area contributed by atoms with Crippen LogP contribution < -0.4 is 10.1 Å². The number of ether oxygens (including phenoxy) is 1. The van der Waals surface area contributed by atoms with Crippen molar-refractivity contribution in [3.05, 3.63) is 54.2 Å². The van der Waals surface area contributed by atoms with E-state index in [0.717, 1.165) is 5.76 Å². The maximum atomic E-state index is 12.6. The van der Waals surface area contributed by atoms with Crippen molar-refractivity contribution in [2.75, 3.05) is 13.2 Å². The zero-order chi connectivity index (χ0) is 13.5. The molecular weight excluding hydrogens is 249 g/mol. The van der Waals surface area contributed by atoms with Gasteiger partial charge in [-0.15, -0.1) is 0 Å². The Morgan fingerprint density at radius 1 is 1.26 bits per heavy atom. The summed E-state index contributed by atoms with van der Waals surface area (Å²) < 4.78 is 23.0. The normalized spacial score (nSPS) is 10.2. The van der Waals surface area contributed by atoms with E-state index in [9.17, 15) is 9.18 Å². The fourth-order valence-electron chi connectivity index (χ4n) is 1.51. The third-order valence-electron chi connectivity index (χ3n) is 2.46. The number of furan rings is 1. The highest BCUT2D eigenvalue weighted by molar-refractivity contribution is 5.77. The van der Waals surface area contributed by atoms with E-state index in [-0.39, 0.29) is 18.3 Å². The van der Waals surface area contributed by atoms with E-state index in [1.807, 2.05) is 6.07 Å². The van der Waals surface area contributed by atoms with Gasteiger partial charge in [0.1, 0.15) is 17.3 Å². The third-order valence-corrected chi connectivity index (χ3v) is 2.46. The van der Waals surface area contributed by atoms with E-state index < -0.39 is 0 Å². The molecule has 1 amide bonds. The van der Waals surface area contributed by atoms with Crippen molar-refractivity contribution >= 4 is 5.91 Å². The highest BCUT2D eigenvalue weighted by atomic mass is 19.1. The van der Waals surface area contributed by atoms with Crippen LogP contribution in [0.15, 0.2) is 47.1 Å². The molecule has 1 aromatic carbocycles. The van der Waals surface area contributed by atoms with Crippen LogP contribution in [0.1, 0.15) is 5.76 Å². The summed E-state index contributed by atoms with van der Waals surface area (Å²) in [7, 11) is 0. The lowest BCUT2D eigenvalue weighted by Crippen LogP contribution is -2.30. The molecule has 2 aromatic rings. The number of halogens is 1. The summed E-state index contributed by atoms with van der Waals surface area (Å²) in [6, 6.07) is 9.17. The Bertz CT molecular complexity index is 508. The summed E-state index contributed by atoms with van der Waals surface area (Å²) in [5, 5.41) is 2.70. The number of hydrogen-bond acceptors (Lipinski definition) is 3. The van der Waals surface area contributed by atoms with Crippen LogP contribution in [0.5, 0.6) is 5.75 Å². The molecular formula is C14H14FNO3. The average molecular weight is 263 g/mol. The van der Waals surface area contributed by atoms with E-state index in [2.05, 4.69) is 5.32 Å². The molecule has 0 bridgehead atoms. The van der Waals surface area contributed by atoms with E-state index in [1.165, 1.54) is 24.3 Å². The topological polar surface area (TPSA) is 51.5 Å². The first-order valence-electron chi connectivity index (χ1n) is 5.91. The highest BCUT2D eigenvalue weighted by Gasteiger charge is 2.03. The smallest absolute Gasteiger partial charge is 0.257 e. The molecule has 0 fully saturated rings. The van der Waals surface area contributed by atoms with E-state index in [0.29, 0.717) is 18.7 Å². The maximum absolute atomic E-state index is 12.6. The van der Waals surface area contributed by atoms with Crippen molar-refractivity contribution in [1.82, 2.24) is 5.32 Å². The lowest BCUT2D eigenvalue weighted by molar-refractivity contribution is -0.123.